The maximum Gasteiger partial charge on any atom is 0.222 e. The lowest BCUT2D eigenvalue weighted by Gasteiger charge is -2.43. The first-order chi connectivity index (χ1) is 21.8. The van der Waals surface area contributed by atoms with E-state index in [1.807, 2.05) is 41.3 Å². The second-order valence-electron chi connectivity index (χ2n) is 12.6. The van der Waals surface area contributed by atoms with E-state index in [1.54, 1.807) is 26.4 Å². The van der Waals surface area contributed by atoms with Gasteiger partial charge in [0.25, 0.3) is 0 Å². The summed E-state index contributed by atoms with van der Waals surface area (Å²) in [5.41, 5.74) is 3.50. The van der Waals surface area contributed by atoms with Gasteiger partial charge in [-0.2, -0.15) is 0 Å². The van der Waals surface area contributed by atoms with Crippen LogP contribution >= 0.6 is 0 Å². The largest absolute Gasteiger partial charge is 0.497 e. The molecule has 2 saturated heterocycles. The number of carbonyl (C=O) groups is 1. The maximum atomic E-state index is 13.8. The molecule has 7 nitrogen and oxygen atoms in total. The predicted octanol–water partition coefficient (Wildman–Crippen LogP) is 5.67. The predicted molar refractivity (Wildman–Crippen MR) is 178 cm³/mol. The zero-order valence-corrected chi connectivity index (χ0v) is 27.3. The molecule has 3 aromatic rings. The second-order valence-corrected chi connectivity index (χ2v) is 12.6. The highest BCUT2D eigenvalue weighted by molar-refractivity contribution is 5.76. The molecule has 5 rings (SSSR count). The van der Waals surface area contributed by atoms with Crippen molar-refractivity contribution in [2.75, 3.05) is 73.1 Å². The molecular formula is C37H49FN4O3. The summed E-state index contributed by atoms with van der Waals surface area (Å²) in [4.78, 5) is 23.1. The molecule has 242 valence electrons. The molecule has 1 atom stereocenters. The number of methoxy groups -OCH3 is 2. The van der Waals surface area contributed by atoms with Crippen molar-refractivity contribution in [1.29, 1.82) is 0 Å². The first-order valence-corrected chi connectivity index (χ1v) is 16.4. The normalized spacial score (nSPS) is 17.5. The Bertz CT molecular complexity index is 1290. The van der Waals surface area contributed by atoms with E-state index in [9.17, 15) is 9.18 Å². The van der Waals surface area contributed by atoms with Crippen LogP contribution in [0.1, 0.15) is 55.3 Å². The fourth-order valence-corrected chi connectivity index (χ4v) is 6.73. The molecule has 1 unspecified atom stereocenters. The fourth-order valence-electron chi connectivity index (χ4n) is 6.73. The summed E-state index contributed by atoms with van der Waals surface area (Å²) in [6.45, 7) is 12.6. The minimum Gasteiger partial charge on any atom is -0.497 e. The van der Waals surface area contributed by atoms with Crippen molar-refractivity contribution in [2.24, 2.45) is 0 Å². The number of halogens is 1. The minimum atomic E-state index is -0.199. The van der Waals surface area contributed by atoms with Crippen molar-refractivity contribution in [3.05, 3.63) is 95.3 Å². The number of ether oxygens (including phenoxy) is 2. The monoisotopic (exact) mass is 616 g/mol. The second kappa shape index (κ2) is 15.7. The van der Waals surface area contributed by atoms with Gasteiger partial charge in [0.05, 0.1) is 14.2 Å². The Hall–Kier alpha value is -3.46. The molecule has 2 heterocycles. The summed E-state index contributed by atoms with van der Waals surface area (Å²) in [5.74, 6) is 1.75. The lowest BCUT2D eigenvalue weighted by molar-refractivity contribution is -0.133. The van der Waals surface area contributed by atoms with Gasteiger partial charge in [0.2, 0.25) is 5.91 Å². The fraction of sp³-hybridized carbons (Fsp3) is 0.486. The summed E-state index contributed by atoms with van der Waals surface area (Å²) in [6.07, 6.45) is 1.22. The number of carbonyl (C=O) groups excluding carboxylic acids is 1. The Morgan fingerprint density at radius 2 is 1.18 bits per heavy atom. The molecule has 0 aromatic heterocycles. The quantitative estimate of drug-likeness (QED) is 0.262. The van der Waals surface area contributed by atoms with Crippen LogP contribution in [-0.2, 0) is 4.79 Å². The van der Waals surface area contributed by atoms with Crippen LogP contribution in [0.3, 0.4) is 0 Å². The zero-order valence-electron chi connectivity index (χ0n) is 27.3. The third kappa shape index (κ3) is 8.63. The van der Waals surface area contributed by atoms with E-state index >= 15 is 0 Å². The van der Waals surface area contributed by atoms with Crippen LogP contribution in [0.4, 0.5) is 4.39 Å². The van der Waals surface area contributed by atoms with Crippen molar-refractivity contribution in [3.8, 4) is 11.5 Å². The molecule has 0 aliphatic carbocycles. The SMILES string of the molecule is COc1ccc(C(CCC(=O)N2CCN(CC(c3ccc(F)cc3)N3CCN(C(C)C)CC3)CC2)c2ccc(OC)cc2)cc1. The number of benzene rings is 3. The van der Waals surface area contributed by atoms with E-state index in [0.29, 0.717) is 12.5 Å². The van der Waals surface area contributed by atoms with Crippen LogP contribution in [0, 0.1) is 5.82 Å². The Labute approximate surface area is 268 Å². The van der Waals surface area contributed by atoms with Crippen molar-refractivity contribution in [3.63, 3.8) is 0 Å². The number of rotatable bonds is 12. The topological polar surface area (TPSA) is 48.5 Å². The van der Waals surface area contributed by atoms with Gasteiger partial charge in [-0.3, -0.25) is 19.5 Å². The smallest absolute Gasteiger partial charge is 0.222 e. The van der Waals surface area contributed by atoms with Crippen molar-refractivity contribution in [1.82, 2.24) is 19.6 Å². The van der Waals surface area contributed by atoms with Crippen LogP contribution in [-0.4, -0.2) is 105 Å². The standard InChI is InChI=1S/C37H49FN4O3/c1-28(2)40-23-25-41(26-24-40)36(31-5-11-32(38)12-6-31)27-39-19-21-42(22-20-39)37(43)18-17-35(29-7-13-33(44-3)14-8-29)30-9-15-34(45-4)16-10-30/h5-16,28,35-36H,17-27H2,1-4H3. The van der Waals surface area contributed by atoms with E-state index in [0.717, 1.165) is 82.4 Å². The molecule has 1 amide bonds. The molecule has 0 bridgehead atoms. The Kier molecular flexibility index (Phi) is 11.5. The average Bonchev–Trinajstić information content (AvgIpc) is 3.08. The molecule has 8 heteroatoms. The Morgan fingerprint density at radius 1 is 0.689 bits per heavy atom. The average molecular weight is 617 g/mol. The molecule has 0 spiro atoms. The summed E-state index contributed by atoms with van der Waals surface area (Å²) >= 11 is 0. The van der Waals surface area contributed by atoms with Gasteiger partial charge >= 0.3 is 0 Å². The molecule has 0 radical (unpaired) electrons. The lowest BCUT2D eigenvalue weighted by atomic mass is 9.87. The molecule has 45 heavy (non-hydrogen) atoms. The third-order valence-electron chi connectivity index (χ3n) is 9.61. The molecule has 2 fully saturated rings. The first-order valence-electron chi connectivity index (χ1n) is 16.4. The van der Waals surface area contributed by atoms with Crippen LogP contribution in [0.2, 0.25) is 0 Å². The highest BCUT2D eigenvalue weighted by Gasteiger charge is 2.30. The number of piperazine rings is 2. The van der Waals surface area contributed by atoms with Crippen molar-refractivity contribution in [2.45, 2.75) is 44.7 Å². The van der Waals surface area contributed by atoms with Gasteiger partial charge in [-0.05, 0) is 73.4 Å². The first kappa shape index (κ1) is 32.9. The van der Waals surface area contributed by atoms with Crippen LogP contribution in [0.15, 0.2) is 72.8 Å². The molecule has 0 saturated carbocycles. The molecule has 2 aliphatic rings. The molecule has 2 aliphatic heterocycles. The van der Waals surface area contributed by atoms with Gasteiger partial charge in [-0.1, -0.05) is 36.4 Å². The van der Waals surface area contributed by atoms with Crippen LogP contribution in [0.25, 0.3) is 0 Å². The van der Waals surface area contributed by atoms with Gasteiger partial charge < -0.3 is 14.4 Å². The van der Waals surface area contributed by atoms with Crippen LogP contribution < -0.4 is 9.47 Å². The van der Waals surface area contributed by atoms with Gasteiger partial charge in [0.1, 0.15) is 17.3 Å². The number of nitrogens with zero attached hydrogens (tertiary/aromatic N) is 4. The third-order valence-corrected chi connectivity index (χ3v) is 9.61. The van der Waals surface area contributed by atoms with Gasteiger partial charge in [0.15, 0.2) is 0 Å². The van der Waals surface area contributed by atoms with Crippen molar-refractivity contribution >= 4 is 5.91 Å². The highest BCUT2D eigenvalue weighted by Crippen LogP contribution is 2.32. The number of hydrogen-bond donors (Lipinski definition) is 0. The minimum absolute atomic E-state index is 0.0969. The highest BCUT2D eigenvalue weighted by atomic mass is 19.1. The summed E-state index contributed by atoms with van der Waals surface area (Å²) < 4.78 is 24.5. The van der Waals surface area contributed by atoms with Crippen molar-refractivity contribution < 1.29 is 18.7 Å². The maximum absolute atomic E-state index is 13.8. The number of amides is 1. The van der Waals surface area contributed by atoms with E-state index < -0.39 is 0 Å². The molecule has 0 N–H and O–H groups in total. The molecular weight excluding hydrogens is 567 g/mol. The summed E-state index contributed by atoms with van der Waals surface area (Å²) in [5, 5.41) is 0. The Morgan fingerprint density at radius 3 is 1.67 bits per heavy atom. The summed E-state index contributed by atoms with van der Waals surface area (Å²) in [7, 11) is 3.34. The lowest BCUT2D eigenvalue weighted by Crippen LogP contribution is -2.54. The van der Waals surface area contributed by atoms with E-state index in [2.05, 4.69) is 52.8 Å². The van der Waals surface area contributed by atoms with E-state index in [-0.39, 0.29) is 23.7 Å². The van der Waals surface area contributed by atoms with Gasteiger partial charge in [-0.25, -0.2) is 4.39 Å². The number of hydrogen-bond acceptors (Lipinski definition) is 6. The van der Waals surface area contributed by atoms with Gasteiger partial charge in [0, 0.05) is 83.3 Å². The Balaban J connectivity index is 1.19. The summed E-state index contributed by atoms with van der Waals surface area (Å²) in [6, 6.07) is 24.1. The van der Waals surface area contributed by atoms with E-state index in [4.69, 9.17) is 9.47 Å². The van der Waals surface area contributed by atoms with Gasteiger partial charge in [-0.15, -0.1) is 0 Å². The molecule has 3 aromatic carbocycles. The zero-order chi connectivity index (χ0) is 31.8. The van der Waals surface area contributed by atoms with E-state index in [1.165, 1.54) is 11.1 Å². The van der Waals surface area contributed by atoms with Crippen LogP contribution in [0.5, 0.6) is 11.5 Å².